The average Bonchev–Trinajstić information content (AvgIpc) is 2.48. The van der Waals surface area contributed by atoms with Crippen LogP contribution >= 0.6 is 23.2 Å². The third kappa shape index (κ3) is 1.41. The van der Waals surface area contributed by atoms with E-state index in [0.717, 1.165) is 18.4 Å². The molecule has 0 amide bonds. The summed E-state index contributed by atoms with van der Waals surface area (Å²) in [5, 5.41) is 9.97. The zero-order valence-electron chi connectivity index (χ0n) is 6.85. The zero-order chi connectivity index (χ0) is 9.42. The summed E-state index contributed by atoms with van der Waals surface area (Å²) in [5.41, 5.74) is 2.22. The molecule has 1 aliphatic rings. The standard InChI is InChI=1S/C10H7Cl2N/c11-9-3-6-1-2-7(5-13)8(6)4-10(9)12/h3-4,7H,1-2H2. The fourth-order valence-electron chi connectivity index (χ4n) is 1.73. The third-order valence-corrected chi connectivity index (χ3v) is 3.14. The van der Waals surface area contributed by atoms with E-state index in [1.54, 1.807) is 0 Å². The Morgan fingerprint density at radius 3 is 2.69 bits per heavy atom. The Balaban J connectivity index is 2.55. The van der Waals surface area contributed by atoms with E-state index >= 15 is 0 Å². The minimum absolute atomic E-state index is 0.00441. The van der Waals surface area contributed by atoms with Crippen LogP contribution in [0.1, 0.15) is 23.5 Å². The SMILES string of the molecule is N#CC1CCc2cc(Cl)c(Cl)cc21. The van der Waals surface area contributed by atoms with Gasteiger partial charge in [-0.2, -0.15) is 5.26 Å². The number of nitrogens with zero attached hydrogens (tertiary/aromatic N) is 1. The van der Waals surface area contributed by atoms with Crippen LogP contribution in [-0.2, 0) is 6.42 Å². The van der Waals surface area contributed by atoms with Crippen LogP contribution in [0.3, 0.4) is 0 Å². The number of benzene rings is 1. The minimum atomic E-state index is 0.00441. The first-order chi connectivity index (χ1) is 6.22. The van der Waals surface area contributed by atoms with Crippen LogP contribution in [0, 0.1) is 11.3 Å². The van der Waals surface area contributed by atoms with Crippen LogP contribution < -0.4 is 0 Å². The lowest BCUT2D eigenvalue weighted by Gasteiger charge is -2.03. The van der Waals surface area contributed by atoms with Gasteiger partial charge in [-0.1, -0.05) is 23.2 Å². The Labute approximate surface area is 86.9 Å². The van der Waals surface area contributed by atoms with Gasteiger partial charge in [0.2, 0.25) is 0 Å². The molecule has 13 heavy (non-hydrogen) atoms. The van der Waals surface area contributed by atoms with Crippen LogP contribution in [0.4, 0.5) is 0 Å². The van der Waals surface area contributed by atoms with Gasteiger partial charge in [-0.05, 0) is 36.1 Å². The maximum Gasteiger partial charge on any atom is 0.0719 e. The highest BCUT2D eigenvalue weighted by Crippen LogP contribution is 2.37. The Kier molecular flexibility index (Phi) is 2.19. The molecule has 1 atom stereocenters. The molecule has 66 valence electrons. The Hall–Kier alpha value is -0.710. The fourth-order valence-corrected chi connectivity index (χ4v) is 2.09. The van der Waals surface area contributed by atoms with Gasteiger partial charge in [-0.3, -0.25) is 0 Å². The van der Waals surface area contributed by atoms with Gasteiger partial charge in [0.15, 0.2) is 0 Å². The number of nitriles is 1. The zero-order valence-corrected chi connectivity index (χ0v) is 8.36. The number of aryl methyl sites for hydroxylation is 1. The lowest BCUT2D eigenvalue weighted by atomic mass is 10.0. The van der Waals surface area contributed by atoms with Crippen LogP contribution in [-0.4, -0.2) is 0 Å². The first-order valence-electron chi connectivity index (χ1n) is 4.10. The highest BCUT2D eigenvalue weighted by Gasteiger charge is 2.23. The van der Waals surface area contributed by atoms with Crippen molar-refractivity contribution in [1.82, 2.24) is 0 Å². The van der Waals surface area contributed by atoms with Crippen LogP contribution in [0.25, 0.3) is 0 Å². The van der Waals surface area contributed by atoms with Gasteiger partial charge in [0.05, 0.1) is 22.0 Å². The number of hydrogen-bond donors (Lipinski definition) is 0. The number of hydrogen-bond acceptors (Lipinski definition) is 1. The summed E-state index contributed by atoms with van der Waals surface area (Å²) in [6.45, 7) is 0. The molecule has 0 heterocycles. The second kappa shape index (κ2) is 3.21. The smallest absolute Gasteiger partial charge is 0.0719 e. The van der Waals surface area contributed by atoms with Crippen molar-refractivity contribution < 1.29 is 0 Å². The van der Waals surface area contributed by atoms with Crippen molar-refractivity contribution in [3.8, 4) is 6.07 Å². The Morgan fingerprint density at radius 1 is 1.31 bits per heavy atom. The fraction of sp³-hybridized carbons (Fsp3) is 0.300. The molecule has 0 saturated carbocycles. The molecular formula is C10H7Cl2N. The van der Waals surface area contributed by atoms with Crippen molar-refractivity contribution in [2.45, 2.75) is 18.8 Å². The molecule has 1 nitrogen and oxygen atoms in total. The summed E-state index contributed by atoms with van der Waals surface area (Å²) in [7, 11) is 0. The van der Waals surface area contributed by atoms with Crippen molar-refractivity contribution in [2.75, 3.05) is 0 Å². The van der Waals surface area contributed by atoms with Gasteiger partial charge >= 0.3 is 0 Å². The summed E-state index contributed by atoms with van der Waals surface area (Å²) in [5.74, 6) is 0.00441. The summed E-state index contributed by atoms with van der Waals surface area (Å²) >= 11 is 11.7. The quantitative estimate of drug-likeness (QED) is 0.645. The highest BCUT2D eigenvalue weighted by molar-refractivity contribution is 6.42. The predicted octanol–water partition coefficient (Wildman–Crippen LogP) is 3.55. The van der Waals surface area contributed by atoms with E-state index in [1.807, 2.05) is 12.1 Å². The molecule has 2 rings (SSSR count). The summed E-state index contributed by atoms with van der Waals surface area (Å²) in [4.78, 5) is 0. The molecule has 1 aliphatic carbocycles. The van der Waals surface area contributed by atoms with Gasteiger partial charge < -0.3 is 0 Å². The van der Waals surface area contributed by atoms with E-state index in [9.17, 15) is 0 Å². The lowest BCUT2D eigenvalue weighted by Crippen LogP contribution is -1.88. The van der Waals surface area contributed by atoms with E-state index in [1.165, 1.54) is 5.56 Å². The lowest BCUT2D eigenvalue weighted by molar-refractivity contribution is 0.826. The monoisotopic (exact) mass is 211 g/mol. The molecule has 0 aromatic heterocycles. The van der Waals surface area contributed by atoms with Gasteiger partial charge in [0, 0.05) is 0 Å². The highest BCUT2D eigenvalue weighted by atomic mass is 35.5. The summed E-state index contributed by atoms with van der Waals surface area (Å²) in [6.07, 6.45) is 1.83. The molecule has 0 fully saturated rings. The van der Waals surface area contributed by atoms with E-state index in [2.05, 4.69) is 6.07 Å². The molecule has 0 spiro atoms. The maximum absolute atomic E-state index is 8.85. The topological polar surface area (TPSA) is 23.8 Å². The number of halogens is 2. The molecule has 0 radical (unpaired) electrons. The van der Waals surface area contributed by atoms with Gasteiger partial charge in [0.1, 0.15) is 0 Å². The van der Waals surface area contributed by atoms with Crippen LogP contribution in [0.5, 0.6) is 0 Å². The van der Waals surface area contributed by atoms with Crippen molar-refractivity contribution in [2.24, 2.45) is 0 Å². The average molecular weight is 212 g/mol. The molecule has 0 N–H and O–H groups in total. The van der Waals surface area contributed by atoms with Gasteiger partial charge in [-0.15, -0.1) is 0 Å². The molecule has 1 aromatic rings. The molecule has 3 heteroatoms. The molecule has 0 aliphatic heterocycles. The molecule has 0 bridgehead atoms. The number of rotatable bonds is 0. The van der Waals surface area contributed by atoms with Crippen LogP contribution in [0.15, 0.2) is 12.1 Å². The van der Waals surface area contributed by atoms with Crippen molar-refractivity contribution in [3.63, 3.8) is 0 Å². The maximum atomic E-state index is 8.85. The van der Waals surface area contributed by atoms with E-state index < -0.39 is 0 Å². The second-order valence-electron chi connectivity index (χ2n) is 3.19. The summed E-state index contributed by atoms with van der Waals surface area (Å²) < 4.78 is 0. The first kappa shape index (κ1) is 8.87. The van der Waals surface area contributed by atoms with E-state index in [0.29, 0.717) is 10.0 Å². The van der Waals surface area contributed by atoms with Crippen molar-refractivity contribution in [1.29, 1.82) is 5.26 Å². The third-order valence-electron chi connectivity index (χ3n) is 2.42. The largest absolute Gasteiger partial charge is 0.198 e. The minimum Gasteiger partial charge on any atom is -0.198 e. The Morgan fingerprint density at radius 2 is 2.00 bits per heavy atom. The Bertz CT molecular complexity index is 393. The first-order valence-corrected chi connectivity index (χ1v) is 4.85. The second-order valence-corrected chi connectivity index (χ2v) is 4.00. The summed E-state index contributed by atoms with van der Waals surface area (Å²) in [6, 6.07) is 5.96. The molecule has 1 unspecified atom stereocenters. The molecule has 0 saturated heterocycles. The van der Waals surface area contributed by atoms with Gasteiger partial charge in [0.25, 0.3) is 0 Å². The van der Waals surface area contributed by atoms with Crippen molar-refractivity contribution in [3.05, 3.63) is 33.3 Å². The van der Waals surface area contributed by atoms with Crippen molar-refractivity contribution >= 4 is 23.2 Å². The van der Waals surface area contributed by atoms with Gasteiger partial charge in [-0.25, -0.2) is 0 Å². The molecular weight excluding hydrogens is 205 g/mol. The van der Waals surface area contributed by atoms with E-state index in [4.69, 9.17) is 28.5 Å². The number of fused-ring (bicyclic) bond motifs is 1. The van der Waals surface area contributed by atoms with E-state index in [-0.39, 0.29) is 5.92 Å². The van der Waals surface area contributed by atoms with Crippen LogP contribution in [0.2, 0.25) is 10.0 Å². The molecule has 1 aromatic carbocycles. The predicted molar refractivity (Wildman–Crippen MR) is 53.1 cm³/mol. The normalized spacial score (nSPS) is 19.6.